The summed E-state index contributed by atoms with van der Waals surface area (Å²) >= 11 is 0. The first-order valence-corrected chi connectivity index (χ1v) is 11.5. The largest absolute Gasteiger partial charge is 0.497 e. The second kappa shape index (κ2) is 9.91. The number of methoxy groups -OCH3 is 1. The molecular formula is C25H30N4O4. The van der Waals surface area contributed by atoms with E-state index >= 15 is 0 Å². The molecule has 2 aromatic heterocycles. The van der Waals surface area contributed by atoms with Crippen molar-refractivity contribution < 1.29 is 19.3 Å². The Morgan fingerprint density at radius 2 is 2.00 bits per heavy atom. The molecule has 0 aliphatic carbocycles. The first-order chi connectivity index (χ1) is 16.2. The highest BCUT2D eigenvalue weighted by atomic mass is 16.6. The molecule has 5 rings (SSSR count). The molecule has 8 heteroatoms. The molecule has 174 valence electrons. The highest BCUT2D eigenvalue weighted by molar-refractivity contribution is 5.83. The number of benzene rings is 1. The second-order valence-electron chi connectivity index (χ2n) is 8.56. The number of pyridine rings is 2. The molecule has 1 fully saturated rings. The van der Waals surface area contributed by atoms with Gasteiger partial charge in [0.2, 0.25) is 0 Å². The maximum absolute atomic E-state index is 11.0. The van der Waals surface area contributed by atoms with Crippen molar-refractivity contribution in [2.75, 3.05) is 40.0 Å². The van der Waals surface area contributed by atoms with Crippen molar-refractivity contribution in [3.05, 3.63) is 53.9 Å². The van der Waals surface area contributed by atoms with Gasteiger partial charge in [-0.3, -0.25) is 4.98 Å². The van der Waals surface area contributed by atoms with Gasteiger partial charge in [-0.15, -0.1) is 0 Å². The molecule has 2 N–H and O–H groups in total. The number of piperidine rings is 1. The van der Waals surface area contributed by atoms with Crippen molar-refractivity contribution in [2.45, 2.75) is 31.5 Å². The number of aliphatic hydroxyl groups excluding tert-OH is 1. The first-order valence-electron chi connectivity index (χ1n) is 11.5. The van der Waals surface area contributed by atoms with Crippen LogP contribution in [0, 0.1) is 0 Å². The van der Waals surface area contributed by atoms with Gasteiger partial charge in [0.15, 0.2) is 5.75 Å². The van der Waals surface area contributed by atoms with Gasteiger partial charge in [0.25, 0.3) is 5.88 Å². The second-order valence-corrected chi connectivity index (χ2v) is 8.56. The van der Waals surface area contributed by atoms with Crippen LogP contribution < -0.4 is 19.5 Å². The van der Waals surface area contributed by atoms with E-state index in [0.29, 0.717) is 38.2 Å². The molecule has 2 aliphatic rings. The number of nitrogens with zero attached hydrogens (tertiary/aromatic N) is 3. The predicted octanol–water partition coefficient (Wildman–Crippen LogP) is 2.70. The number of hydrogen-bond acceptors (Lipinski definition) is 8. The minimum Gasteiger partial charge on any atom is -0.497 e. The van der Waals surface area contributed by atoms with Gasteiger partial charge in [0.05, 0.1) is 24.4 Å². The number of ether oxygens (including phenoxy) is 3. The van der Waals surface area contributed by atoms with Crippen LogP contribution in [0.15, 0.2) is 42.6 Å². The van der Waals surface area contributed by atoms with Gasteiger partial charge in [0, 0.05) is 30.7 Å². The van der Waals surface area contributed by atoms with Gasteiger partial charge in [-0.1, -0.05) is 0 Å². The van der Waals surface area contributed by atoms with Crippen LogP contribution in [-0.4, -0.2) is 66.0 Å². The molecule has 33 heavy (non-hydrogen) atoms. The van der Waals surface area contributed by atoms with E-state index in [1.54, 1.807) is 13.3 Å². The molecule has 8 nitrogen and oxygen atoms in total. The van der Waals surface area contributed by atoms with Crippen LogP contribution in [0.5, 0.6) is 17.4 Å². The molecule has 1 aromatic carbocycles. The Morgan fingerprint density at radius 3 is 2.85 bits per heavy atom. The summed E-state index contributed by atoms with van der Waals surface area (Å²) in [6.45, 7) is 4.31. The summed E-state index contributed by atoms with van der Waals surface area (Å²) in [5.74, 6) is 2.08. The number of likely N-dealkylation sites (tertiary alicyclic amines) is 1. The Hall–Kier alpha value is -2.94. The SMILES string of the molecule is COc1ccc2nccc([C@@H](O)CN3CCC(NCc4ccc5c(n4)OCCO5)CC3)c2c1. The molecule has 1 atom stereocenters. The highest BCUT2D eigenvalue weighted by Gasteiger charge is 2.23. The molecule has 3 aromatic rings. The van der Waals surface area contributed by atoms with E-state index in [1.165, 1.54) is 0 Å². The lowest BCUT2D eigenvalue weighted by molar-refractivity contribution is 0.0948. The average molecular weight is 451 g/mol. The van der Waals surface area contributed by atoms with Crippen LogP contribution in [-0.2, 0) is 6.54 Å². The number of hydrogen-bond donors (Lipinski definition) is 2. The smallest absolute Gasteiger partial charge is 0.257 e. The van der Waals surface area contributed by atoms with E-state index in [4.69, 9.17) is 14.2 Å². The Morgan fingerprint density at radius 1 is 1.15 bits per heavy atom. The molecule has 0 saturated carbocycles. The first kappa shape index (κ1) is 21.9. The van der Waals surface area contributed by atoms with E-state index in [0.717, 1.165) is 59.6 Å². The minimum atomic E-state index is -0.575. The van der Waals surface area contributed by atoms with E-state index in [1.807, 2.05) is 36.4 Å². The summed E-state index contributed by atoms with van der Waals surface area (Å²) in [6.07, 6.45) is 3.24. The number of rotatable bonds is 7. The lowest BCUT2D eigenvalue weighted by atomic mass is 10.0. The molecule has 0 bridgehead atoms. The average Bonchev–Trinajstić information content (AvgIpc) is 2.87. The van der Waals surface area contributed by atoms with Crippen LogP contribution in [0.2, 0.25) is 0 Å². The quantitative estimate of drug-likeness (QED) is 0.568. The van der Waals surface area contributed by atoms with Gasteiger partial charge in [-0.25, -0.2) is 4.98 Å². The Bertz CT molecular complexity index is 1100. The lowest BCUT2D eigenvalue weighted by Crippen LogP contribution is -2.43. The number of aliphatic hydroxyl groups is 1. The molecular weight excluding hydrogens is 420 g/mol. The zero-order valence-corrected chi connectivity index (χ0v) is 18.9. The number of aromatic nitrogens is 2. The fourth-order valence-corrected chi connectivity index (χ4v) is 4.54. The third-order valence-electron chi connectivity index (χ3n) is 6.39. The van der Waals surface area contributed by atoms with Crippen molar-refractivity contribution in [3.8, 4) is 17.4 Å². The molecule has 0 radical (unpaired) electrons. The summed E-state index contributed by atoms with van der Waals surface area (Å²) in [7, 11) is 1.65. The fourth-order valence-electron chi connectivity index (χ4n) is 4.54. The maximum atomic E-state index is 11.0. The van der Waals surface area contributed by atoms with E-state index in [-0.39, 0.29) is 0 Å². The van der Waals surface area contributed by atoms with Gasteiger partial charge in [0.1, 0.15) is 19.0 Å². The van der Waals surface area contributed by atoms with Gasteiger partial charge in [-0.05, 0) is 67.9 Å². The van der Waals surface area contributed by atoms with Crippen molar-refractivity contribution in [2.24, 2.45) is 0 Å². The summed E-state index contributed by atoms with van der Waals surface area (Å²) in [4.78, 5) is 11.3. The normalized spacial score (nSPS) is 17.8. The fraction of sp³-hybridized carbons (Fsp3) is 0.440. The summed E-state index contributed by atoms with van der Waals surface area (Å²) in [5.41, 5.74) is 2.71. The maximum Gasteiger partial charge on any atom is 0.257 e. The minimum absolute atomic E-state index is 0.430. The Balaban J connectivity index is 1.14. The topological polar surface area (TPSA) is 89.0 Å². The van der Waals surface area contributed by atoms with E-state index in [9.17, 15) is 5.11 Å². The summed E-state index contributed by atoms with van der Waals surface area (Å²) in [6, 6.07) is 12.0. The van der Waals surface area contributed by atoms with Gasteiger partial charge < -0.3 is 29.5 Å². The van der Waals surface area contributed by atoms with Crippen LogP contribution in [0.25, 0.3) is 10.9 Å². The zero-order chi connectivity index (χ0) is 22.6. The standard InChI is InChI=1S/C25H30N4O4/c1-31-19-3-4-22-21(14-19)20(6-9-26-22)23(30)16-29-10-7-17(8-11-29)27-15-18-2-5-24-25(28-18)33-13-12-32-24/h2-6,9,14,17,23,27,30H,7-8,10-13,15-16H2,1H3/t23-/m0/s1. The third-order valence-corrected chi connectivity index (χ3v) is 6.39. The third kappa shape index (κ3) is 5.03. The van der Waals surface area contributed by atoms with Crippen LogP contribution >= 0.6 is 0 Å². The zero-order valence-electron chi connectivity index (χ0n) is 18.9. The van der Waals surface area contributed by atoms with Crippen molar-refractivity contribution in [3.63, 3.8) is 0 Å². The molecule has 2 aliphatic heterocycles. The van der Waals surface area contributed by atoms with E-state index < -0.39 is 6.10 Å². The molecule has 1 saturated heterocycles. The number of β-amino-alcohol motifs (C(OH)–C–C–N with tert-alkyl or cyclic N) is 1. The van der Waals surface area contributed by atoms with Crippen LogP contribution in [0.1, 0.15) is 30.2 Å². The van der Waals surface area contributed by atoms with Crippen molar-refractivity contribution >= 4 is 10.9 Å². The van der Waals surface area contributed by atoms with Crippen LogP contribution in [0.4, 0.5) is 0 Å². The molecule has 0 spiro atoms. The van der Waals surface area contributed by atoms with Crippen molar-refractivity contribution in [1.29, 1.82) is 0 Å². The monoisotopic (exact) mass is 450 g/mol. The Kier molecular flexibility index (Phi) is 6.57. The van der Waals surface area contributed by atoms with Gasteiger partial charge in [-0.2, -0.15) is 0 Å². The molecule has 0 unspecified atom stereocenters. The molecule has 4 heterocycles. The predicted molar refractivity (Wildman–Crippen MR) is 125 cm³/mol. The summed E-state index contributed by atoms with van der Waals surface area (Å²) < 4.78 is 16.5. The van der Waals surface area contributed by atoms with Gasteiger partial charge >= 0.3 is 0 Å². The number of fused-ring (bicyclic) bond motifs is 2. The highest BCUT2D eigenvalue weighted by Crippen LogP contribution is 2.29. The van der Waals surface area contributed by atoms with E-state index in [2.05, 4.69) is 20.2 Å². The summed E-state index contributed by atoms with van der Waals surface area (Å²) in [5, 5.41) is 15.5. The van der Waals surface area contributed by atoms with Crippen molar-refractivity contribution in [1.82, 2.24) is 20.2 Å². The Labute approximate surface area is 193 Å². The lowest BCUT2D eigenvalue weighted by Gasteiger charge is -2.33. The molecule has 0 amide bonds. The number of nitrogens with one attached hydrogen (secondary N) is 1. The van der Waals surface area contributed by atoms with Crippen LogP contribution in [0.3, 0.4) is 0 Å².